The maximum absolute atomic E-state index is 5.24. The van der Waals surface area contributed by atoms with E-state index in [9.17, 15) is 0 Å². The van der Waals surface area contributed by atoms with E-state index in [2.05, 4.69) is 20.9 Å². The molecule has 0 fully saturated rings. The van der Waals surface area contributed by atoms with Gasteiger partial charge in [0.2, 0.25) is 5.88 Å². The first-order valence-electron chi connectivity index (χ1n) is 3.14. The second kappa shape index (κ2) is 2.23. The van der Waals surface area contributed by atoms with Gasteiger partial charge in [-0.1, -0.05) is 6.07 Å². The van der Waals surface area contributed by atoms with Crippen molar-refractivity contribution < 1.29 is 4.74 Å². The van der Waals surface area contributed by atoms with Gasteiger partial charge in [0.15, 0.2) is 0 Å². The summed E-state index contributed by atoms with van der Waals surface area (Å²) in [6.45, 7) is 0.777. The molecule has 0 amide bonds. The van der Waals surface area contributed by atoms with Crippen LogP contribution in [0, 0.1) is 0 Å². The van der Waals surface area contributed by atoms with E-state index in [1.54, 1.807) is 0 Å². The first-order valence-corrected chi connectivity index (χ1v) is 3.94. The van der Waals surface area contributed by atoms with Gasteiger partial charge in [0.05, 0.1) is 6.61 Å². The molecule has 0 N–H and O–H groups in total. The minimum absolute atomic E-state index is 0.777. The fraction of sp³-hybridized carbons (Fsp3) is 0.286. The number of hydrogen-bond acceptors (Lipinski definition) is 2. The van der Waals surface area contributed by atoms with Crippen LogP contribution < -0.4 is 4.74 Å². The highest BCUT2D eigenvalue weighted by atomic mass is 79.9. The number of fused-ring (bicyclic) bond motifs is 1. The zero-order valence-corrected chi connectivity index (χ0v) is 6.89. The van der Waals surface area contributed by atoms with Crippen LogP contribution in [0.3, 0.4) is 0 Å². The fourth-order valence-electron chi connectivity index (χ4n) is 1.02. The minimum atomic E-state index is 0.777. The van der Waals surface area contributed by atoms with Crippen LogP contribution in [0.1, 0.15) is 5.56 Å². The van der Waals surface area contributed by atoms with Crippen LogP contribution >= 0.6 is 15.9 Å². The van der Waals surface area contributed by atoms with E-state index < -0.39 is 0 Å². The van der Waals surface area contributed by atoms with Crippen LogP contribution in [0.2, 0.25) is 0 Å². The normalized spacial score (nSPS) is 14.5. The minimum Gasteiger partial charge on any atom is -0.477 e. The van der Waals surface area contributed by atoms with Gasteiger partial charge in [-0.25, -0.2) is 4.98 Å². The molecule has 52 valence electrons. The Kier molecular flexibility index (Phi) is 1.38. The summed E-state index contributed by atoms with van der Waals surface area (Å²) in [7, 11) is 0. The van der Waals surface area contributed by atoms with Crippen molar-refractivity contribution in [1.82, 2.24) is 4.98 Å². The van der Waals surface area contributed by atoms with Crippen molar-refractivity contribution in [2.45, 2.75) is 6.42 Å². The Hall–Kier alpha value is -0.570. The second-order valence-corrected chi connectivity index (χ2v) is 3.01. The Bertz CT molecular complexity index is 262. The van der Waals surface area contributed by atoms with Crippen molar-refractivity contribution >= 4 is 15.9 Å². The molecule has 10 heavy (non-hydrogen) atoms. The van der Waals surface area contributed by atoms with Gasteiger partial charge >= 0.3 is 0 Å². The first-order chi connectivity index (χ1) is 4.86. The van der Waals surface area contributed by atoms with Crippen LogP contribution in [-0.4, -0.2) is 11.6 Å². The number of pyridine rings is 1. The van der Waals surface area contributed by atoms with Gasteiger partial charge in [-0.2, -0.15) is 0 Å². The Balaban J connectivity index is 2.52. The SMILES string of the molecule is Brc1ccc2c(n1)OCC2. The standard InChI is InChI=1S/C7H6BrNO/c8-6-2-1-5-3-4-10-7(5)9-6/h1-2H,3-4H2. The van der Waals surface area contributed by atoms with Crippen molar-refractivity contribution in [3.8, 4) is 5.88 Å². The molecule has 0 atom stereocenters. The van der Waals surface area contributed by atoms with Gasteiger partial charge < -0.3 is 4.74 Å². The molecule has 0 saturated heterocycles. The molecular formula is C7H6BrNO. The Labute approximate surface area is 67.4 Å². The molecule has 0 saturated carbocycles. The van der Waals surface area contributed by atoms with Crippen molar-refractivity contribution in [2.75, 3.05) is 6.61 Å². The monoisotopic (exact) mass is 199 g/mol. The van der Waals surface area contributed by atoms with Crippen molar-refractivity contribution in [3.05, 3.63) is 22.3 Å². The van der Waals surface area contributed by atoms with E-state index >= 15 is 0 Å². The third-order valence-electron chi connectivity index (χ3n) is 1.52. The highest BCUT2D eigenvalue weighted by Crippen LogP contribution is 2.23. The van der Waals surface area contributed by atoms with E-state index in [4.69, 9.17) is 4.74 Å². The largest absolute Gasteiger partial charge is 0.477 e. The third kappa shape index (κ3) is 0.904. The van der Waals surface area contributed by atoms with Gasteiger partial charge in [-0.3, -0.25) is 0 Å². The van der Waals surface area contributed by atoms with E-state index in [1.807, 2.05) is 12.1 Å². The first kappa shape index (κ1) is 6.16. The quantitative estimate of drug-likeness (QED) is 0.595. The van der Waals surface area contributed by atoms with E-state index in [1.165, 1.54) is 5.56 Å². The van der Waals surface area contributed by atoms with E-state index in [0.29, 0.717) is 0 Å². The Morgan fingerprint density at radius 3 is 3.30 bits per heavy atom. The van der Waals surface area contributed by atoms with Crippen LogP contribution in [0.25, 0.3) is 0 Å². The highest BCUT2D eigenvalue weighted by molar-refractivity contribution is 9.10. The molecular weight excluding hydrogens is 194 g/mol. The molecule has 1 aliphatic heterocycles. The van der Waals surface area contributed by atoms with Crippen LogP contribution in [0.15, 0.2) is 16.7 Å². The summed E-state index contributed by atoms with van der Waals surface area (Å²) in [6, 6.07) is 3.98. The van der Waals surface area contributed by atoms with Gasteiger partial charge in [0.25, 0.3) is 0 Å². The van der Waals surface area contributed by atoms with Gasteiger partial charge in [0, 0.05) is 12.0 Å². The summed E-state index contributed by atoms with van der Waals surface area (Å²) < 4.78 is 6.08. The Morgan fingerprint density at radius 2 is 2.40 bits per heavy atom. The van der Waals surface area contributed by atoms with Crippen molar-refractivity contribution in [3.63, 3.8) is 0 Å². The lowest BCUT2D eigenvalue weighted by Gasteiger charge is -1.95. The summed E-state index contributed by atoms with van der Waals surface area (Å²) in [5, 5.41) is 0. The maximum Gasteiger partial charge on any atom is 0.217 e. The van der Waals surface area contributed by atoms with Crippen molar-refractivity contribution in [2.24, 2.45) is 0 Å². The molecule has 0 unspecified atom stereocenters. The zero-order valence-electron chi connectivity index (χ0n) is 5.30. The molecule has 3 heteroatoms. The lowest BCUT2D eigenvalue weighted by atomic mass is 10.2. The van der Waals surface area contributed by atoms with E-state index in [-0.39, 0.29) is 0 Å². The van der Waals surface area contributed by atoms with Gasteiger partial charge in [-0.15, -0.1) is 0 Å². The molecule has 1 aromatic heterocycles. The molecule has 0 aromatic carbocycles. The van der Waals surface area contributed by atoms with Gasteiger partial charge in [-0.05, 0) is 22.0 Å². The van der Waals surface area contributed by atoms with Crippen LogP contribution in [-0.2, 0) is 6.42 Å². The molecule has 2 rings (SSSR count). The average molecular weight is 200 g/mol. The molecule has 1 aromatic rings. The second-order valence-electron chi connectivity index (χ2n) is 2.20. The lowest BCUT2D eigenvalue weighted by Crippen LogP contribution is -1.87. The molecule has 0 bridgehead atoms. The van der Waals surface area contributed by atoms with Gasteiger partial charge in [0.1, 0.15) is 4.60 Å². The zero-order chi connectivity index (χ0) is 6.97. The molecule has 0 spiro atoms. The molecule has 0 aliphatic carbocycles. The maximum atomic E-state index is 5.24. The smallest absolute Gasteiger partial charge is 0.217 e. The molecule has 1 aliphatic rings. The summed E-state index contributed by atoms with van der Waals surface area (Å²) >= 11 is 3.27. The predicted octanol–water partition coefficient (Wildman–Crippen LogP) is 1.78. The number of rotatable bonds is 0. The van der Waals surface area contributed by atoms with E-state index in [0.717, 1.165) is 23.5 Å². The lowest BCUT2D eigenvalue weighted by molar-refractivity contribution is 0.344. The average Bonchev–Trinajstić information content (AvgIpc) is 2.33. The Morgan fingerprint density at radius 1 is 1.50 bits per heavy atom. The molecule has 2 heterocycles. The number of hydrogen-bond donors (Lipinski definition) is 0. The van der Waals surface area contributed by atoms with Crippen molar-refractivity contribution in [1.29, 1.82) is 0 Å². The summed E-state index contributed by atoms with van der Waals surface area (Å²) in [5.41, 5.74) is 1.21. The molecule has 2 nitrogen and oxygen atoms in total. The number of halogens is 1. The summed E-state index contributed by atoms with van der Waals surface area (Å²) in [5.74, 6) is 0.786. The van der Waals surface area contributed by atoms with Crippen LogP contribution in [0.4, 0.5) is 0 Å². The summed E-state index contributed by atoms with van der Waals surface area (Å²) in [6.07, 6.45) is 0.996. The number of aromatic nitrogens is 1. The fourth-order valence-corrected chi connectivity index (χ4v) is 1.31. The molecule has 0 radical (unpaired) electrons. The third-order valence-corrected chi connectivity index (χ3v) is 1.96. The number of nitrogens with zero attached hydrogens (tertiary/aromatic N) is 1. The highest BCUT2D eigenvalue weighted by Gasteiger charge is 2.12. The topological polar surface area (TPSA) is 22.1 Å². The summed E-state index contributed by atoms with van der Waals surface area (Å²) in [4.78, 5) is 4.15. The predicted molar refractivity (Wildman–Crippen MR) is 41.1 cm³/mol. The van der Waals surface area contributed by atoms with Crippen LogP contribution in [0.5, 0.6) is 5.88 Å². The number of ether oxygens (including phenoxy) is 1.